The van der Waals surface area contributed by atoms with Crippen molar-refractivity contribution >= 4 is 29.0 Å². The van der Waals surface area contributed by atoms with E-state index in [0.717, 1.165) is 12.2 Å². The summed E-state index contributed by atoms with van der Waals surface area (Å²) in [4.78, 5) is 26.0. The molecule has 0 unspecified atom stereocenters. The summed E-state index contributed by atoms with van der Waals surface area (Å²) < 4.78 is 1.54. The molecular formula is C17H23N5O2. The molecule has 0 aliphatic rings. The molecule has 0 fully saturated rings. The van der Waals surface area contributed by atoms with Gasteiger partial charge in [-0.05, 0) is 45.0 Å². The molecule has 1 aromatic heterocycles. The highest BCUT2D eigenvalue weighted by Crippen LogP contribution is 2.19. The van der Waals surface area contributed by atoms with E-state index in [2.05, 4.69) is 41.4 Å². The number of nitrogens with one attached hydrogen (secondary N) is 2. The third-order valence-electron chi connectivity index (χ3n) is 3.58. The summed E-state index contributed by atoms with van der Waals surface area (Å²) in [5.74, 6) is -1.15. The molecule has 7 heteroatoms. The Labute approximate surface area is 141 Å². The highest BCUT2D eigenvalue weighted by Gasteiger charge is 2.15. The van der Waals surface area contributed by atoms with Gasteiger partial charge in [0.15, 0.2) is 5.82 Å². The molecule has 0 aliphatic carbocycles. The van der Waals surface area contributed by atoms with Crippen LogP contribution in [-0.2, 0) is 16.6 Å². The van der Waals surface area contributed by atoms with E-state index in [1.807, 2.05) is 12.1 Å². The molecule has 24 heavy (non-hydrogen) atoms. The Morgan fingerprint density at radius 3 is 2.25 bits per heavy atom. The first-order valence-electron chi connectivity index (χ1n) is 7.89. The molecule has 2 aromatic rings. The van der Waals surface area contributed by atoms with E-state index in [1.165, 1.54) is 0 Å². The van der Waals surface area contributed by atoms with Crippen molar-refractivity contribution in [3.05, 3.63) is 36.5 Å². The Hall–Kier alpha value is -2.83. The predicted octanol–water partition coefficient (Wildman–Crippen LogP) is 2.23. The normalized spacial score (nSPS) is 10.5. The number of hydrogen-bond donors (Lipinski definition) is 2. The molecule has 7 nitrogen and oxygen atoms in total. The number of anilines is 3. The first-order chi connectivity index (χ1) is 11.4. The van der Waals surface area contributed by atoms with Crippen molar-refractivity contribution in [1.29, 1.82) is 0 Å². The maximum absolute atomic E-state index is 11.9. The molecule has 0 aliphatic heterocycles. The van der Waals surface area contributed by atoms with Crippen molar-refractivity contribution in [3.63, 3.8) is 0 Å². The Balaban J connectivity index is 1.97. The summed E-state index contributed by atoms with van der Waals surface area (Å²) in [7, 11) is 1.73. The van der Waals surface area contributed by atoms with E-state index in [0.29, 0.717) is 17.5 Å². The van der Waals surface area contributed by atoms with Gasteiger partial charge in [0.2, 0.25) is 0 Å². The van der Waals surface area contributed by atoms with Crippen LogP contribution < -0.4 is 15.5 Å². The monoisotopic (exact) mass is 329 g/mol. The number of carbonyl (C=O) groups is 2. The van der Waals surface area contributed by atoms with E-state index < -0.39 is 11.8 Å². The maximum Gasteiger partial charge on any atom is 0.315 e. The predicted molar refractivity (Wildman–Crippen MR) is 95.1 cm³/mol. The molecular weight excluding hydrogens is 306 g/mol. The fourth-order valence-corrected chi connectivity index (χ4v) is 2.42. The highest BCUT2D eigenvalue weighted by atomic mass is 16.2. The summed E-state index contributed by atoms with van der Waals surface area (Å²) in [6.45, 7) is 7.25. The Morgan fingerprint density at radius 1 is 1.12 bits per heavy atom. The summed E-state index contributed by atoms with van der Waals surface area (Å²) in [5, 5.41) is 9.02. The lowest BCUT2D eigenvalue weighted by Crippen LogP contribution is -2.30. The average molecular weight is 329 g/mol. The number of aryl methyl sites for hydroxylation is 1. The number of aromatic nitrogens is 2. The van der Waals surface area contributed by atoms with Crippen LogP contribution >= 0.6 is 0 Å². The molecule has 2 N–H and O–H groups in total. The fourth-order valence-electron chi connectivity index (χ4n) is 2.42. The number of benzene rings is 1. The van der Waals surface area contributed by atoms with Crippen molar-refractivity contribution in [1.82, 2.24) is 9.78 Å². The topological polar surface area (TPSA) is 79.3 Å². The Kier molecular flexibility index (Phi) is 5.57. The van der Waals surface area contributed by atoms with Crippen molar-refractivity contribution in [2.45, 2.75) is 26.8 Å². The minimum atomic E-state index is -0.754. The first-order valence-corrected chi connectivity index (χ1v) is 7.89. The van der Waals surface area contributed by atoms with E-state index in [1.54, 1.807) is 36.1 Å². The van der Waals surface area contributed by atoms with Gasteiger partial charge in [-0.1, -0.05) is 0 Å². The van der Waals surface area contributed by atoms with Crippen molar-refractivity contribution in [2.24, 2.45) is 7.05 Å². The molecule has 0 saturated heterocycles. The molecule has 0 saturated carbocycles. The van der Waals surface area contributed by atoms with E-state index in [-0.39, 0.29) is 0 Å². The van der Waals surface area contributed by atoms with Crippen LogP contribution in [0.15, 0.2) is 36.5 Å². The highest BCUT2D eigenvalue weighted by molar-refractivity contribution is 6.43. The minimum absolute atomic E-state index is 0.337. The van der Waals surface area contributed by atoms with E-state index in [4.69, 9.17) is 0 Å². The van der Waals surface area contributed by atoms with Crippen LogP contribution in [0.5, 0.6) is 0 Å². The van der Waals surface area contributed by atoms with Crippen molar-refractivity contribution in [2.75, 3.05) is 22.1 Å². The van der Waals surface area contributed by atoms with Crippen LogP contribution in [0.3, 0.4) is 0 Å². The molecule has 128 valence electrons. The van der Waals surface area contributed by atoms with Crippen LogP contribution in [0.25, 0.3) is 0 Å². The van der Waals surface area contributed by atoms with E-state index >= 15 is 0 Å². The first kappa shape index (κ1) is 17.5. The third-order valence-corrected chi connectivity index (χ3v) is 3.58. The Bertz CT molecular complexity index is 706. The smallest absolute Gasteiger partial charge is 0.315 e. The zero-order chi connectivity index (χ0) is 17.7. The van der Waals surface area contributed by atoms with E-state index in [9.17, 15) is 9.59 Å². The van der Waals surface area contributed by atoms with Gasteiger partial charge in [0.25, 0.3) is 0 Å². The summed E-state index contributed by atoms with van der Waals surface area (Å²) in [6, 6.07) is 9.43. The number of rotatable bonds is 5. The van der Waals surface area contributed by atoms with Gasteiger partial charge in [0.05, 0.1) is 0 Å². The van der Waals surface area contributed by atoms with Crippen LogP contribution in [0.1, 0.15) is 20.8 Å². The third kappa shape index (κ3) is 4.34. The summed E-state index contributed by atoms with van der Waals surface area (Å²) in [5.41, 5.74) is 1.64. The molecule has 0 bridgehead atoms. The second-order valence-electron chi connectivity index (χ2n) is 5.71. The van der Waals surface area contributed by atoms with Crippen LogP contribution in [0.4, 0.5) is 17.2 Å². The molecule has 1 aromatic carbocycles. The summed E-state index contributed by atoms with van der Waals surface area (Å²) >= 11 is 0. The maximum atomic E-state index is 11.9. The SMILES string of the molecule is CCN(c1ccc(NC(=O)C(=O)Nc2ccn(C)n2)cc1)C(C)C. The molecule has 0 radical (unpaired) electrons. The van der Waals surface area contributed by atoms with Gasteiger partial charge in [0, 0.05) is 43.3 Å². The largest absolute Gasteiger partial charge is 0.369 e. The second-order valence-corrected chi connectivity index (χ2v) is 5.71. The molecule has 0 atom stereocenters. The number of amides is 2. The van der Waals surface area contributed by atoms with Crippen LogP contribution in [0.2, 0.25) is 0 Å². The number of hydrogen-bond acceptors (Lipinski definition) is 4. The van der Waals surface area contributed by atoms with Gasteiger partial charge >= 0.3 is 11.8 Å². The van der Waals surface area contributed by atoms with Gasteiger partial charge in [-0.15, -0.1) is 0 Å². The summed E-state index contributed by atoms with van der Waals surface area (Å²) in [6.07, 6.45) is 1.68. The second kappa shape index (κ2) is 7.63. The minimum Gasteiger partial charge on any atom is -0.369 e. The molecule has 1 heterocycles. The molecule has 2 rings (SSSR count). The molecule has 2 amide bonds. The average Bonchev–Trinajstić information content (AvgIpc) is 2.94. The molecule has 0 spiro atoms. The Morgan fingerprint density at radius 2 is 1.75 bits per heavy atom. The number of nitrogens with zero attached hydrogens (tertiary/aromatic N) is 3. The lowest BCUT2D eigenvalue weighted by Gasteiger charge is -2.27. The lowest BCUT2D eigenvalue weighted by molar-refractivity contribution is -0.133. The van der Waals surface area contributed by atoms with Crippen LogP contribution in [-0.4, -0.2) is 34.2 Å². The van der Waals surface area contributed by atoms with Crippen molar-refractivity contribution < 1.29 is 9.59 Å². The zero-order valence-corrected chi connectivity index (χ0v) is 14.4. The van der Waals surface area contributed by atoms with Gasteiger partial charge in [-0.2, -0.15) is 5.10 Å². The quantitative estimate of drug-likeness (QED) is 0.825. The van der Waals surface area contributed by atoms with Gasteiger partial charge in [0.1, 0.15) is 0 Å². The zero-order valence-electron chi connectivity index (χ0n) is 14.4. The van der Waals surface area contributed by atoms with Gasteiger partial charge < -0.3 is 15.5 Å². The van der Waals surface area contributed by atoms with Crippen molar-refractivity contribution in [3.8, 4) is 0 Å². The standard InChI is InChI=1S/C17H23N5O2/c1-5-22(12(2)3)14-8-6-13(7-9-14)18-16(23)17(24)19-15-10-11-21(4)20-15/h6-12H,5H2,1-4H3,(H,18,23)(H,19,20,24). The fraction of sp³-hybridized carbons (Fsp3) is 0.353. The van der Waals surface area contributed by atoms with Gasteiger partial charge in [-0.25, -0.2) is 0 Å². The number of carbonyl (C=O) groups excluding carboxylic acids is 2. The lowest BCUT2D eigenvalue weighted by atomic mass is 10.2. The van der Waals surface area contributed by atoms with Crippen LogP contribution in [0, 0.1) is 0 Å². The van der Waals surface area contributed by atoms with Gasteiger partial charge in [-0.3, -0.25) is 14.3 Å².